The Morgan fingerprint density at radius 3 is 2.90 bits per heavy atom. The maximum absolute atomic E-state index is 11.5. The van der Waals surface area contributed by atoms with Crippen molar-refractivity contribution in [3.05, 3.63) is 30.1 Å². The van der Waals surface area contributed by atoms with Gasteiger partial charge in [-0.15, -0.1) is 0 Å². The van der Waals surface area contributed by atoms with Gasteiger partial charge in [0.2, 0.25) is 0 Å². The van der Waals surface area contributed by atoms with Crippen molar-refractivity contribution in [3.8, 4) is 0 Å². The van der Waals surface area contributed by atoms with Crippen molar-refractivity contribution in [3.63, 3.8) is 0 Å². The van der Waals surface area contributed by atoms with Gasteiger partial charge < -0.3 is 9.47 Å². The summed E-state index contributed by atoms with van der Waals surface area (Å²) in [5.74, 6) is -0.248. The zero-order valence-corrected chi connectivity index (χ0v) is 11.9. The minimum atomic E-state index is -0.248. The Morgan fingerprint density at radius 2 is 2.15 bits per heavy atom. The monoisotopic (exact) mass is 277 g/mol. The zero-order valence-electron chi connectivity index (χ0n) is 11.9. The van der Waals surface area contributed by atoms with Gasteiger partial charge in [0.05, 0.1) is 12.7 Å². The third-order valence-electron chi connectivity index (χ3n) is 3.58. The number of carbonyl (C=O) groups is 1. The Bertz CT molecular complexity index is 388. The molecule has 0 aromatic carbocycles. The highest BCUT2D eigenvalue weighted by Gasteiger charge is 2.15. The smallest absolute Gasteiger partial charge is 0.332 e. The van der Waals surface area contributed by atoms with Gasteiger partial charge in [0.25, 0.3) is 0 Å². The van der Waals surface area contributed by atoms with Crippen molar-refractivity contribution in [2.75, 3.05) is 13.2 Å². The van der Waals surface area contributed by atoms with Gasteiger partial charge in [-0.05, 0) is 37.3 Å². The lowest BCUT2D eigenvalue weighted by Crippen LogP contribution is -2.22. The number of ether oxygens (including phenoxy) is 2. The Hall–Kier alpha value is -1.42. The molecule has 2 rings (SSSR count). The van der Waals surface area contributed by atoms with Gasteiger partial charge in [0.1, 0.15) is 6.61 Å². The molecule has 1 fully saturated rings. The summed E-state index contributed by atoms with van der Waals surface area (Å²) in [6.45, 7) is 0.541. The van der Waals surface area contributed by atoms with Crippen LogP contribution in [0.25, 0.3) is 0 Å². The third-order valence-corrected chi connectivity index (χ3v) is 3.58. The summed E-state index contributed by atoms with van der Waals surface area (Å²) in [7, 11) is 0. The molecule has 0 unspecified atom stereocenters. The molecule has 110 valence electrons. The van der Waals surface area contributed by atoms with Crippen LogP contribution in [0.5, 0.6) is 0 Å². The number of rotatable bonds is 7. The zero-order chi connectivity index (χ0) is 14.0. The Balaban J connectivity index is 1.51. The maximum Gasteiger partial charge on any atom is 0.332 e. The van der Waals surface area contributed by atoms with Crippen molar-refractivity contribution < 1.29 is 14.3 Å². The van der Waals surface area contributed by atoms with Gasteiger partial charge in [-0.25, -0.2) is 4.79 Å². The number of pyridine rings is 1. The van der Waals surface area contributed by atoms with Gasteiger partial charge in [-0.2, -0.15) is 0 Å². The lowest BCUT2D eigenvalue weighted by atomic mass is 9.98. The molecule has 1 aromatic rings. The van der Waals surface area contributed by atoms with E-state index in [1.54, 1.807) is 6.20 Å². The molecule has 0 atom stereocenters. The molecule has 0 radical (unpaired) electrons. The fraction of sp³-hybridized carbons (Fsp3) is 0.625. The molecule has 20 heavy (non-hydrogen) atoms. The minimum Gasteiger partial charge on any atom is -0.464 e. The SMILES string of the molecule is O=C(COC1CCCCC1)OCCCc1cccnc1. The second-order valence-corrected chi connectivity index (χ2v) is 5.26. The van der Waals surface area contributed by atoms with Crippen LogP contribution < -0.4 is 0 Å². The van der Waals surface area contributed by atoms with Crippen LogP contribution in [0.4, 0.5) is 0 Å². The van der Waals surface area contributed by atoms with Crippen molar-refractivity contribution in [2.45, 2.75) is 51.0 Å². The van der Waals surface area contributed by atoms with Gasteiger partial charge in [0.15, 0.2) is 0 Å². The van der Waals surface area contributed by atoms with Crippen molar-refractivity contribution in [1.29, 1.82) is 0 Å². The highest BCUT2D eigenvalue weighted by molar-refractivity contribution is 5.70. The number of carbonyl (C=O) groups excluding carboxylic acids is 1. The summed E-state index contributed by atoms with van der Waals surface area (Å²) in [4.78, 5) is 15.6. The van der Waals surface area contributed by atoms with Gasteiger partial charge in [0, 0.05) is 12.4 Å². The van der Waals surface area contributed by atoms with E-state index in [1.165, 1.54) is 24.8 Å². The van der Waals surface area contributed by atoms with Crippen molar-refractivity contribution in [2.24, 2.45) is 0 Å². The molecule has 0 amide bonds. The van der Waals surface area contributed by atoms with Crippen LogP contribution in [0.15, 0.2) is 24.5 Å². The van der Waals surface area contributed by atoms with E-state index in [1.807, 2.05) is 18.3 Å². The number of aromatic nitrogens is 1. The molecule has 1 aromatic heterocycles. The van der Waals surface area contributed by atoms with E-state index in [0.717, 1.165) is 25.7 Å². The molecular weight excluding hydrogens is 254 g/mol. The minimum absolute atomic E-state index is 0.0948. The van der Waals surface area contributed by atoms with E-state index in [2.05, 4.69) is 4.98 Å². The summed E-state index contributed by atoms with van der Waals surface area (Å²) in [6.07, 6.45) is 11.4. The Labute approximate surface area is 120 Å². The van der Waals surface area contributed by atoms with Crippen LogP contribution in [0.2, 0.25) is 0 Å². The quantitative estimate of drug-likeness (QED) is 0.568. The van der Waals surface area contributed by atoms with E-state index in [-0.39, 0.29) is 18.7 Å². The summed E-state index contributed by atoms with van der Waals surface area (Å²) in [6, 6.07) is 3.94. The van der Waals surface area contributed by atoms with E-state index < -0.39 is 0 Å². The Morgan fingerprint density at radius 1 is 1.30 bits per heavy atom. The lowest BCUT2D eigenvalue weighted by Gasteiger charge is -2.21. The van der Waals surface area contributed by atoms with E-state index >= 15 is 0 Å². The number of hydrogen-bond donors (Lipinski definition) is 0. The highest BCUT2D eigenvalue weighted by Crippen LogP contribution is 2.20. The summed E-state index contributed by atoms with van der Waals surface area (Å²) in [5, 5.41) is 0. The van der Waals surface area contributed by atoms with Gasteiger partial charge in [-0.1, -0.05) is 25.3 Å². The summed E-state index contributed by atoms with van der Waals surface area (Å²) in [5.41, 5.74) is 1.17. The molecule has 1 heterocycles. The van der Waals surface area contributed by atoms with E-state index in [4.69, 9.17) is 9.47 Å². The fourth-order valence-corrected chi connectivity index (χ4v) is 2.47. The standard InChI is InChI=1S/C16H23NO3/c18-16(13-20-15-8-2-1-3-9-15)19-11-5-7-14-6-4-10-17-12-14/h4,6,10,12,15H,1-3,5,7-9,11,13H2. The average Bonchev–Trinajstić information content (AvgIpc) is 2.52. The molecule has 0 spiro atoms. The topological polar surface area (TPSA) is 48.4 Å². The molecule has 0 N–H and O–H groups in total. The summed E-state index contributed by atoms with van der Waals surface area (Å²) >= 11 is 0. The number of esters is 1. The first-order chi connectivity index (χ1) is 9.84. The number of hydrogen-bond acceptors (Lipinski definition) is 4. The normalized spacial score (nSPS) is 16.0. The first kappa shape index (κ1) is 15.0. The highest BCUT2D eigenvalue weighted by atomic mass is 16.6. The number of nitrogens with zero attached hydrogens (tertiary/aromatic N) is 1. The van der Waals surface area contributed by atoms with Crippen molar-refractivity contribution in [1.82, 2.24) is 4.98 Å². The van der Waals surface area contributed by atoms with Gasteiger partial charge >= 0.3 is 5.97 Å². The van der Waals surface area contributed by atoms with Crippen LogP contribution in [0, 0.1) is 0 Å². The largest absolute Gasteiger partial charge is 0.464 e. The molecule has 4 nitrogen and oxygen atoms in total. The van der Waals surface area contributed by atoms with Gasteiger partial charge in [-0.3, -0.25) is 4.98 Å². The van der Waals surface area contributed by atoms with Crippen LogP contribution in [-0.4, -0.2) is 30.3 Å². The third kappa shape index (κ3) is 5.70. The molecule has 1 aliphatic carbocycles. The average molecular weight is 277 g/mol. The summed E-state index contributed by atoms with van der Waals surface area (Å²) < 4.78 is 10.7. The Kier molecular flexibility index (Phi) is 6.51. The first-order valence-corrected chi connectivity index (χ1v) is 7.51. The predicted molar refractivity (Wildman–Crippen MR) is 76.3 cm³/mol. The first-order valence-electron chi connectivity index (χ1n) is 7.51. The van der Waals surface area contributed by atoms with Crippen LogP contribution in [0.3, 0.4) is 0 Å². The van der Waals surface area contributed by atoms with Crippen LogP contribution in [0.1, 0.15) is 44.1 Å². The maximum atomic E-state index is 11.5. The van der Waals surface area contributed by atoms with Crippen LogP contribution >= 0.6 is 0 Å². The van der Waals surface area contributed by atoms with E-state index in [0.29, 0.717) is 6.61 Å². The molecular formula is C16H23NO3. The molecule has 1 aliphatic rings. The molecule has 0 aliphatic heterocycles. The second kappa shape index (κ2) is 8.69. The van der Waals surface area contributed by atoms with E-state index in [9.17, 15) is 4.79 Å². The van der Waals surface area contributed by atoms with Crippen LogP contribution in [-0.2, 0) is 20.7 Å². The molecule has 1 saturated carbocycles. The van der Waals surface area contributed by atoms with Crippen molar-refractivity contribution >= 4 is 5.97 Å². The molecule has 0 bridgehead atoms. The predicted octanol–water partition coefficient (Wildman–Crippen LogP) is 2.91. The second-order valence-electron chi connectivity index (χ2n) is 5.26. The number of aryl methyl sites for hydroxylation is 1. The lowest BCUT2D eigenvalue weighted by molar-refractivity contribution is -0.151. The molecule has 4 heteroatoms. The molecule has 0 saturated heterocycles. The fourth-order valence-electron chi connectivity index (χ4n) is 2.47.